The maximum Gasteiger partial charge on any atom is 0.298 e. The maximum atomic E-state index is 12.6. The van der Waals surface area contributed by atoms with Crippen molar-refractivity contribution in [1.29, 1.82) is 0 Å². The van der Waals surface area contributed by atoms with E-state index in [1.54, 1.807) is 12.4 Å². The summed E-state index contributed by atoms with van der Waals surface area (Å²) in [7, 11) is 0. The number of aromatic amines is 1. The van der Waals surface area contributed by atoms with Gasteiger partial charge in [0.05, 0.1) is 18.6 Å². The number of anilines is 1. The molecule has 10 nitrogen and oxygen atoms in total. The van der Waals surface area contributed by atoms with Crippen LogP contribution in [0.3, 0.4) is 0 Å². The van der Waals surface area contributed by atoms with Crippen LogP contribution in [-0.4, -0.2) is 61.0 Å². The zero-order valence-electron chi connectivity index (χ0n) is 14.1. The van der Waals surface area contributed by atoms with Gasteiger partial charge in [-0.1, -0.05) is 5.21 Å². The van der Waals surface area contributed by atoms with Crippen molar-refractivity contribution in [3.05, 3.63) is 41.3 Å². The molecule has 0 aliphatic carbocycles. The average molecular weight is 354 g/mol. The van der Waals surface area contributed by atoms with Crippen molar-refractivity contribution in [2.45, 2.75) is 12.8 Å². The molecule has 1 spiro atoms. The number of aromatic nitrogens is 7. The fraction of sp³-hybridized carbons (Fsp3) is 0.438. The first-order valence-electron chi connectivity index (χ1n) is 8.56. The van der Waals surface area contributed by atoms with Crippen molar-refractivity contribution in [3.63, 3.8) is 0 Å². The van der Waals surface area contributed by atoms with Gasteiger partial charge in [-0.2, -0.15) is 4.68 Å². The standard InChI is InChI=1S/C16H18N8O2/c25-15-12(23-4-3-19-21-23)8-20-24(15)14-7-13(17-11-18-14)22-9-16(10-22)1-5-26-6-2-16/h3-4,7-8,11,20H,1-2,5-6,9-10H2. The summed E-state index contributed by atoms with van der Waals surface area (Å²) in [5.41, 5.74) is 0.491. The van der Waals surface area contributed by atoms with Crippen LogP contribution in [0.2, 0.25) is 0 Å². The molecule has 2 aliphatic rings. The molecular weight excluding hydrogens is 336 g/mol. The fourth-order valence-corrected chi connectivity index (χ4v) is 3.71. The van der Waals surface area contributed by atoms with Gasteiger partial charge in [-0.15, -0.1) is 5.10 Å². The van der Waals surface area contributed by atoms with Crippen LogP contribution in [0, 0.1) is 5.41 Å². The maximum absolute atomic E-state index is 12.6. The van der Waals surface area contributed by atoms with E-state index in [1.165, 1.54) is 21.9 Å². The van der Waals surface area contributed by atoms with E-state index in [9.17, 15) is 4.79 Å². The van der Waals surface area contributed by atoms with Crippen molar-refractivity contribution in [2.24, 2.45) is 5.41 Å². The molecule has 0 bridgehead atoms. The second-order valence-electron chi connectivity index (χ2n) is 6.85. The molecule has 5 heterocycles. The number of ether oxygens (including phenoxy) is 1. The van der Waals surface area contributed by atoms with E-state index in [2.05, 4.69) is 30.3 Å². The number of rotatable bonds is 3. The molecule has 0 atom stereocenters. The Morgan fingerprint density at radius 3 is 2.73 bits per heavy atom. The number of nitrogens with zero attached hydrogens (tertiary/aromatic N) is 7. The Morgan fingerprint density at radius 2 is 1.96 bits per heavy atom. The van der Waals surface area contributed by atoms with Crippen molar-refractivity contribution >= 4 is 5.82 Å². The van der Waals surface area contributed by atoms with Gasteiger partial charge < -0.3 is 9.64 Å². The average Bonchev–Trinajstić information content (AvgIpc) is 3.30. The summed E-state index contributed by atoms with van der Waals surface area (Å²) in [5.74, 6) is 1.33. The first-order chi connectivity index (χ1) is 12.7. The molecule has 26 heavy (non-hydrogen) atoms. The van der Waals surface area contributed by atoms with E-state index in [0.29, 0.717) is 16.9 Å². The van der Waals surface area contributed by atoms with Crippen molar-refractivity contribution in [3.8, 4) is 11.5 Å². The smallest absolute Gasteiger partial charge is 0.298 e. The highest BCUT2D eigenvalue weighted by molar-refractivity contribution is 5.47. The topological polar surface area (TPSA) is 107 Å². The Balaban J connectivity index is 1.40. The lowest BCUT2D eigenvalue weighted by molar-refractivity contribution is -0.000463. The highest BCUT2D eigenvalue weighted by Crippen LogP contribution is 2.41. The minimum Gasteiger partial charge on any atom is -0.381 e. The molecule has 0 unspecified atom stereocenters. The first kappa shape index (κ1) is 15.3. The largest absolute Gasteiger partial charge is 0.381 e. The van der Waals surface area contributed by atoms with Crippen molar-refractivity contribution in [1.82, 2.24) is 34.7 Å². The van der Waals surface area contributed by atoms with Gasteiger partial charge in [-0.25, -0.2) is 14.6 Å². The number of H-pyrrole nitrogens is 1. The Bertz CT molecular complexity index is 962. The molecular formula is C16H18N8O2. The molecule has 0 amide bonds. The van der Waals surface area contributed by atoms with Gasteiger partial charge in [0, 0.05) is 37.8 Å². The third kappa shape index (κ3) is 2.41. The van der Waals surface area contributed by atoms with Gasteiger partial charge in [-0.3, -0.25) is 9.89 Å². The molecule has 2 saturated heterocycles. The van der Waals surface area contributed by atoms with Gasteiger partial charge in [-0.05, 0) is 12.8 Å². The van der Waals surface area contributed by atoms with E-state index in [0.717, 1.165) is 45.0 Å². The van der Waals surface area contributed by atoms with Gasteiger partial charge >= 0.3 is 0 Å². The van der Waals surface area contributed by atoms with Gasteiger partial charge in [0.2, 0.25) is 0 Å². The summed E-state index contributed by atoms with van der Waals surface area (Å²) in [6.45, 7) is 3.62. The highest BCUT2D eigenvalue weighted by Gasteiger charge is 2.44. The Labute approximate surface area is 148 Å². The lowest BCUT2D eigenvalue weighted by Crippen LogP contribution is -2.58. The molecule has 3 aromatic rings. The summed E-state index contributed by atoms with van der Waals surface area (Å²) in [4.78, 5) is 23.5. The first-order valence-corrected chi connectivity index (χ1v) is 8.56. The van der Waals surface area contributed by atoms with Crippen LogP contribution < -0.4 is 10.5 Å². The molecule has 0 saturated carbocycles. The molecule has 134 valence electrons. The normalized spacial score (nSPS) is 18.8. The number of nitrogens with one attached hydrogen (secondary N) is 1. The van der Waals surface area contributed by atoms with Crippen LogP contribution in [0.1, 0.15) is 12.8 Å². The minimum atomic E-state index is -0.246. The third-order valence-electron chi connectivity index (χ3n) is 5.22. The van der Waals surface area contributed by atoms with Gasteiger partial charge in [0.15, 0.2) is 11.5 Å². The highest BCUT2D eigenvalue weighted by atomic mass is 16.5. The summed E-state index contributed by atoms with van der Waals surface area (Å²) in [6, 6.07) is 1.83. The van der Waals surface area contributed by atoms with Crippen LogP contribution in [0.4, 0.5) is 5.82 Å². The van der Waals surface area contributed by atoms with Gasteiger partial charge in [0.1, 0.15) is 12.1 Å². The van der Waals surface area contributed by atoms with Gasteiger partial charge in [0.25, 0.3) is 5.56 Å². The van der Waals surface area contributed by atoms with Crippen molar-refractivity contribution < 1.29 is 4.74 Å². The van der Waals surface area contributed by atoms with E-state index < -0.39 is 0 Å². The molecule has 5 rings (SSSR count). The number of hydrogen-bond donors (Lipinski definition) is 1. The zero-order chi connectivity index (χ0) is 17.6. The minimum absolute atomic E-state index is 0.246. The summed E-state index contributed by atoms with van der Waals surface area (Å²) in [5, 5.41) is 10.5. The van der Waals surface area contributed by atoms with Crippen LogP contribution >= 0.6 is 0 Å². The molecule has 0 aromatic carbocycles. The third-order valence-corrected chi connectivity index (χ3v) is 5.22. The van der Waals surface area contributed by atoms with Crippen LogP contribution in [0.25, 0.3) is 11.5 Å². The van der Waals surface area contributed by atoms with E-state index in [1.807, 2.05) is 6.07 Å². The van der Waals surface area contributed by atoms with Crippen LogP contribution in [-0.2, 0) is 4.74 Å². The molecule has 3 aromatic heterocycles. The predicted octanol–water partition coefficient (Wildman–Crippen LogP) is 0.153. The molecule has 2 aliphatic heterocycles. The van der Waals surface area contributed by atoms with E-state index in [-0.39, 0.29) is 5.56 Å². The molecule has 0 radical (unpaired) electrons. The second kappa shape index (κ2) is 5.77. The lowest BCUT2D eigenvalue weighted by atomic mass is 9.73. The molecule has 10 heteroatoms. The van der Waals surface area contributed by atoms with Crippen LogP contribution in [0.15, 0.2) is 35.8 Å². The fourth-order valence-electron chi connectivity index (χ4n) is 3.71. The summed E-state index contributed by atoms with van der Waals surface area (Å²) >= 11 is 0. The Hall–Kier alpha value is -3.01. The summed E-state index contributed by atoms with van der Waals surface area (Å²) in [6.07, 6.45) is 8.41. The SMILES string of the molecule is O=c1c(-n2ccnn2)c[nH]n1-c1cc(N2CC3(CCOCC3)C2)ncn1. The lowest BCUT2D eigenvalue weighted by Gasteiger charge is -2.52. The Kier molecular flexibility index (Phi) is 3.38. The zero-order valence-corrected chi connectivity index (χ0v) is 14.1. The molecule has 2 fully saturated rings. The van der Waals surface area contributed by atoms with E-state index >= 15 is 0 Å². The monoisotopic (exact) mass is 354 g/mol. The summed E-state index contributed by atoms with van der Waals surface area (Å²) < 4.78 is 8.27. The quantitative estimate of drug-likeness (QED) is 0.713. The number of hydrogen-bond acceptors (Lipinski definition) is 7. The van der Waals surface area contributed by atoms with Crippen molar-refractivity contribution in [2.75, 3.05) is 31.2 Å². The Morgan fingerprint density at radius 1 is 1.15 bits per heavy atom. The van der Waals surface area contributed by atoms with Crippen LogP contribution in [0.5, 0.6) is 0 Å². The van der Waals surface area contributed by atoms with E-state index in [4.69, 9.17) is 4.74 Å². The molecule has 1 N–H and O–H groups in total. The second-order valence-corrected chi connectivity index (χ2v) is 6.85. The predicted molar refractivity (Wildman–Crippen MR) is 91.6 cm³/mol.